The van der Waals surface area contributed by atoms with Crippen molar-refractivity contribution in [3.63, 3.8) is 0 Å². The molecule has 200 valence electrons. The highest BCUT2D eigenvalue weighted by Crippen LogP contribution is 2.34. The van der Waals surface area contributed by atoms with Gasteiger partial charge in [0.1, 0.15) is 5.02 Å². The number of rotatable bonds is 8. The summed E-state index contributed by atoms with van der Waals surface area (Å²) in [7, 11) is 0. The number of halogens is 1. The smallest absolute Gasteiger partial charge is 0.229 e. The Morgan fingerprint density at radius 2 is 1.87 bits per heavy atom. The Bertz CT molecular complexity index is 1410. The van der Waals surface area contributed by atoms with Crippen LogP contribution in [0.15, 0.2) is 28.9 Å². The van der Waals surface area contributed by atoms with E-state index >= 15 is 0 Å². The number of piperidine rings is 1. The quantitative estimate of drug-likeness (QED) is 0.244. The third-order valence-electron chi connectivity index (χ3n) is 6.93. The van der Waals surface area contributed by atoms with Crippen LogP contribution in [0.1, 0.15) is 72.6 Å². The summed E-state index contributed by atoms with van der Waals surface area (Å²) in [5, 5.41) is 18.2. The van der Waals surface area contributed by atoms with Crippen molar-refractivity contribution in [1.29, 1.82) is 0 Å². The molecular formula is C27H34ClN9O. The van der Waals surface area contributed by atoms with Gasteiger partial charge in [-0.2, -0.15) is 15.1 Å². The van der Waals surface area contributed by atoms with E-state index in [2.05, 4.69) is 85.7 Å². The van der Waals surface area contributed by atoms with E-state index in [4.69, 9.17) is 16.1 Å². The molecule has 0 amide bonds. The van der Waals surface area contributed by atoms with Crippen LogP contribution in [-0.4, -0.2) is 48.3 Å². The van der Waals surface area contributed by atoms with Gasteiger partial charge in [-0.15, -0.1) is 0 Å². The first-order chi connectivity index (χ1) is 18.2. The molecule has 3 N–H and O–H groups in total. The number of hydrogen-bond acceptors (Lipinski definition) is 9. The SMILES string of the molecule is Cc1cc(Nc2nc(Nc3cc(C)c(C4CCN(Cc5noc(C(C)C)n5)CC4)cc3C)ncc2Cl)n[nH]1. The van der Waals surface area contributed by atoms with E-state index in [-0.39, 0.29) is 5.92 Å². The molecule has 0 saturated carbocycles. The van der Waals surface area contributed by atoms with E-state index < -0.39 is 0 Å². The van der Waals surface area contributed by atoms with Crippen molar-refractivity contribution in [3.05, 3.63) is 63.5 Å². The summed E-state index contributed by atoms with van der Waals surface area (Å²) in [5.74, 6) is 3.87. The van der Waals surface area contributed by atoms with Crippen molar-refractivity contribution in [2.75, 3.05) is 23.7 Å². The van der Waals surface area contributed by atoms with E-state index in [9.17, 15) is 0 Å². The van der Waals surface area contributed by atoms with Crippen LogP contribution in [0, 0.1) is 20.8 Å². The minimum atomic E-state index is 0.252. The molecule has 0 unspecified atom stereocenters. The number of H-pyrrole nitrogens is 1. The molecule has 4 heterocycles. The molecule has 11 heteroatoms. The largest absolute Gasteiger partial charge is 0.339 e. The molecule has 3 aromatic heterocycles. The van der Waals surface area contributed by atoms with Crippen molar-refractivity contribution in [1.82, 2.24) is 35.2 Å². The van der Waals surface area contributed by atoms with Gasteiger partial charge in [0, 0.05) is 23.4 Å². The van der Waals surface area contributed by atoms with Crippen LogP contribution in [0.3, 0.4) is 0 Å². The molecule has 0 atom stereocenters. The third kappa shape index (κ3) is 5.97. The fourth-order valence-corrected chi connectivity index (χ4v) is 4.96. The molecular weight excluding hydrogens is 502 g/mol. The Morgan fingerprint density at radius 1 is 1.08 bits per heavy atom. The number of aromatic nitrogens is 6. The summed E-state index contributed by atoms with van der Waals surface area (Å²) in [4.78, 5) is 15.9. The average Bonchev–Trinajstić information content (AvgIpc) is 3.53. The van der Waals surface area contributed by atoms with Crippen molar-refractivity contribution >= 4 is 34.9 Å². The third-order valence-corrected chi connectivity index (χ3v) is 7.20. The van der Waals surface area contributed by atoms with Crippen LogP contribution in [0.5, 0.6) is 0 Å². The van der Waals surface area contributed by atoms with Gasteiger partial charge in [0.15, 0.2) is 17.5 Å². The molecule has 1 fully saturated rings. The normalized spacial score (nSPS) is 14.8. The van der Waals surface area contributed by atoms with Crippen LogP contribution in [0.25, 0.3) is 0 Å². The predicted molar refractivity (Wildman–Crippen MR) is 148 cm³/mol. The van der Waals surface area contributed by atoms with Gasteiger partial charge in [0.2, 0.25) is 11.8 Å². The summed E-state index contributed by atoms with van der Waals surface area (Å²) < 4.78 is 5.36. The van der Waals surface area contributed by atoms with Crippen LogP contribution in [-0.2, 0) is 6.54 Å². The summed E-state index contributed by atoms with van der Waals surface area (Å²) in [6, 6.07) is 6.37. The minimum Gasteiger partial charge on any atom is -0.339 e. The van der Waals surface area contributed by atoms with Gasteiger partial charge >= 0.3 is 0 Å². The zero-order chi connectivity index (χ0) is 26.8. The van der Waals surface area contributed by atoms with Crippen LogP contribution >= 0.6 is 11.6 Å². The lowest BCUT2D eigenvalue weighted by Crippen LogP contribution is -2.33. The van der Waals surface area contributed by atoms with E-state index in [0.29, 0.717) is 34.4 Å². The van der Waals surface area contributed by atoms with Crippen molar-refractivity contribution in [2.45, 2.75) is 65.8 Å². The number of nitrogens with one attached hydrogen (secondary N) is 3. The molecule has 0 bridgehead atoms. The van der Waals surface area contributed by atoms with E-state index in [1.165, 1.54) is 11.1 Å². The Balaban J connectivity index is 1.23. The number of aromatic amines is 1. The summed E-state index contributed by atoms with van der Waals surface area (Å²) in [5.41, 5.74) is 5.74. The van der Waals surface area contributed by atoms with Crippen LogP contribution in [0.4, 0.5) is 23.3 Å². The molecule has 0 radical (unpaired) electrons. The van der Waals surface area contributed by atoms with E-state index in [1.807, 2.05) is 13.0 Å². The van der Waals surface area contributed by atoms with Gasteiger partial charge in [-0.1, -0.05) is 36.7 Å². The second-order valence-corrected chi connectivity index (χ2v) is 10.8. The lowest BCUT2D eigenvalue weighted by atomic mass is 9.85. The van der Waals surface area contributed by atoms with Gasteiger partial charge in [-0.25, -0.2) is 4.98 Å². The molecule has 1 saturated heterocycles. The predicted octanol–water partition coefficient (Wildman–Crippen LogP) is 6.15. The second-order valence-electron chi connectivity index (χ2n) is 10.4. The molecule has 0 aliphatic carbocycles. The van der Waals surface area contributed by atoms with Crippen molar-refractivity contribution in [3.8, 4) is 0 Å². The Morgan fingerprint density at radius 3 is 2.55 bits per heavy atom. The van der Waals surface area contributed by atoms with Gasteiger partial charge in [-0.3, -0.25) is 10.00 Å². The highest BCUT2D eigenvalue weighted by molar-refractivity contribution is 6.32. The molecule has 38 heavy (non-hydrogen) atoms. The molecule has 0 spiro atoms. The Kier molecular flexibility index (Phi) is 7.62. The number of aryl methyl sites for hydroxylation is 3. The highest BCUT2D eigenvalue weighted by Gasteiger charge is 2.24. The van der Waals surface area contributed by atoms with Gasteiger partial charge in [0.25, 0.3) is 0 Å². The monoisotopic (exact) mass is 535 g/mol. The molecule has 1 aromatic carbocycles. The topological polar surface area (TPSA) is 121 Å². The van der Waals surface area contributed by atoms with Crippen LogP contribution in [0.2, 0.25) is 5.02 Å². The zero-order valence-corrected chi connectivity index (χ0v) is 23.2. The first-order valence-electron chi connectivity index (χ1n) is 13.0. The molecule has 4 aromatic rings. The molecule has 1 aliphatic rings. The van der Waals surface area contributed by atoms with Crippen molar-refractivity contribution < 1.29 is 4.52 Å². The van der Waals surface area contributed by atoms with Gasteiger partial charge in [-0.05, 0) is 75.4 Å². The standard InChI is InChI=1S/C27H34ClN9O/c1-15(2)26-32-24(36-38-26)14-37-8-6-19(7-9-37)20-10-17(4)22(11-16(20)3)30-27-29-13-21(28)25(33-27)31-23-12-18(5)34-35-23/h10-13,15,19H,6-9,14H2,1-5H3,(H3,29,30,31,33,34,35). The summed E-state index contributed by atoms with van der Waals surface area (Å²) in [6.07, 6.45) is 3.79. The number of hydrogen-bond donors (Lipinski definition) is 3. The van der Waals surface area contributed by atoms with Crippen LogP contribution < -0.4 is 10.6 Å². The fraction of sp³-hybridized carbons (Fsp3) is 0.444. The molecule has 5 rings (SSSR count). The lowest BCUT2D eigenvalue weighted by molar-refractivity contribution is 0.197. The molecule has 1 aliphatic heterocycles. The summed E-state index contributed by atoms with van der Waals surface area (Å²) in [6.45, 7) is 13.1. The number of nitrogens with zero attached hydrogens (tertiary/aromatic N) is 6. The fourth-order valence-electron chi connectivity index (χ4n) is 4.82. The highest BCUT2D eigenvalue weighted by atomic mass is 35.5. The number of benzene rings is 1. The first kappa shape index (κ1) is 26.1. The number of anilines is 4. The van der Waals surface area contributed by atoms with Gasteiger partial charge < -0.3 is 15.2 Å². The van der Waals surface area contributed by atoms with Gasteiger partial charge in [0.05, 0.1) is 12.7 Å². The van der Waals surface area contributed by atoms with E-state index in [1.54, 1.807) is 6.20 Å². The minimum absolute atomic E-state index is 0.252. The Labute approximate surface area is 227 Å². The maximum Gasteiger partial charge on any atom is 0.229 e. The maximum absolute atomic E-state index is 6.32. The first-order valence-corrected chi connectivity index (χ1v) is 13.4. The lowest BCUT2D eigenvalue weighted by Gasteiger charge is -2.32. The van der Waals surface area contributed by atoms with Crippen molar-refractivity contribution in [2.24, 2.45) is 0 Å². The zero-order valence-electron chi connectivity index (χ0n) is 22.5. The Hall–Kier alpha value is -3.50. The second kappa shape index (κ2) is 11.1. The number of likely N-dealkylation sites (tertiary alicyclic amines) is 1. The average molecular weight is 536 g/mol. The molecule has 10 nitrogen and oxygen atoms in total. The summed E-state index contributed by atoms with van der Waals surface area (Å²) >= 11 is 6.32. The van der Waals surface area contributed by atoms with E-state index in [0.717, 1.165) is 55.2 Å². The maximum atomic E-state index is 6.32.